The van der Waals surface area contributed by atoms with Crippen LogP contribution >= 0.6 is 0 Å². The summed E-state index contributed by atoms with van der Waals surface area (Å²) in [4.78, 5) is 81.1. The molecule has 0 aliphatic carbocycles. The molecule has 14 heteroatoms. The molecule has 2 aromatic carbocycles. The smallest absolute Gasteiger partial charge is 0.264 e. The summed E-state index contributed by atoms with van der Waals surface area (Å²) >= 11 is 0. The van der Waals surface area contributed by atoms with Crippen LogP contribution in [0.1, 0.15) is 115 Å². The molecule has 3 saturated heterocycles. The summed E-state index contributed by atoms with van der Waals surface area (Å²) in [6, 6.07) is 15.4. The van der Waals surface area contributed by atoms with Crippen LogP contribution < -0.4 is 20.4 Å². The van der Waals surface area contributed by atoms with E-state index in [0.717, 1.165) is 100 Å². The lowest BCUT2D eigenvalue weighted by molar-refractivity contribution is -0.136. The maximum absolute atomic E-state index is 13.3. The van der Waals surface area contributed by atoms with Gasteiger partial charge in [0.15, 0.2) is 0 Å². The highest BCUT2D eigenvalue weighted by Gasteiger charge is 2.45. The van der Waals surface area contributed by atoms with Crippen LogP contribution in [-0.2, 0) is 25.7 Å². The lowest BCUT2D eigenvalue weighted by atomic mass is 10.0. The van der Waals surface area contributed by atoms with Crippen LogP contribution in [0.15, 0.2) is 48.5 Å². The van der Waals surface area contributed by atoms with Crippen molar-refractivity contribution in [2.45, 2.75) is 110 Å². The number of ether oxygens (including phenoxy) is 1. The van der Waals surface area contributed by atoms with Crippen molar-refractivity contribution >= 4 is 46.7 Å². The highest BCUT2D eigenvalue weighted by molar-refractivity contribution is 6.26. The number of aryl methyl sites for hydroxylation is 2. The van der Waals surface area contributed by atoms with E-state index < -0.39 is 29.7 Å². The third kappa shape index (κ3) is 10.5. The van der Waals surface area contributed by atoms with Gasteiger partial charge in [0.05, 0.1) is 16.8 Å². The Bertz CT molecular complexity index is 1990. The molecule has 5 amide bonds. The molecule has 5 heterocycles. The SMILES string of the molecule is Cc1cc(N2CCC(N(CCCCCCOCCCC(=O)Nc3cccc4c3C(=O)N(C3CCC(=O)NC3=O)C4=O)Cc3cccc(N4CCCC4)c3)CC2)nc(C)n1. The van der Waals surface area contributed by atoms with E-state index in [-0.39, 0.29) is 42.0 Å². The Morgan fingerprint density at radius 3 is 2.39 bits per heavy atom. The van der Waals surface area contributed by atoms with E-state index in [1.54, 1.807) is 12.1 Å². The van der Waals surface area contributed by atoms with Crippen LogP contribution in [0.3, 0.4) is 0 Å². The fourth-order valence-corrected chi connectivity index (χ4v) is 8.91. The second kappa shape index (κ2) is 19.7. The molecule has 4 aliphatic rings. The summed E-state index contributed by atoms with van der Waals surface area (Å²) in [5.41, 5.74) is 4.16. The predicted octanol–water partition coefficient (Wildman–Crippen LogP) is 5.56. The topological polar surface area (TPSA) is 157 Å². The molecule has 314 valence electrons. The Balaban J connectivity index is 0.823. The summed E-state index contributed by atoms with van der Waals surface area (Å²) in [5, 5.41) is 4.97. The molecule has 0 radical (unpaired) electrons. The van der Waals surface area contributed by atoms with Gasteiger partial charge in [-0.3, -0.25) is 39.1 Å². The average molecular weight is 807 g/mol. The minimum absolute atomic E-state index is 0.0375. The van der Waals surface area contributed by atoms with Gasteiger partial charge in [-0.05, 0) is 102 Å². The van der Waals surface area contributed by atoms with Crippen LogP contribution in [0.2, 0.25) is 0 Å². The Morgan fingerprint density at radius 2 is 1.61 bits per heavy atom. The lowest BCUT2D eigenvalue weighted by Crippen LogP contribution is -2.54. The van der Waals surface area contributed by atoms with Crippen molar-refractivity contribution in [3.63, 3.8) is 0 Å². The van der Waals surface area contributed by atoms with E-state index in [9.17, 15) is 24.0 Å². The van der Waals surface area contributed by atoms with Gasteiger partial charge >= 0.3 is 0 Å². The lowest BCUT2D eigenvalue weighted by Gasteiger charge is -2.39. The van der Waals surface area contributed by atoms with Crippen LogP contribution in [0.5, 0.6) is 0 Å². The molecular weight excluding hydrogens is 749 g/mol. The van der Waals surface area contributed by atoms with Crippen molar-refractivity contribution in [3.05, 3.63) is 76.7 Å². The average Bonchev–Trinajstić information content (AvgIpc) is 3.85. The minimum atomic E-state index is -1.07. The number of nitrogens with one attached hydrogen (secondary N) is 2. The molecule has 3 aromatic rings. The van der Waals surface area contributed by atoms with Crippen molar-refractivity contribution in [2.24, 2.45) is 0 Å². The van der Waals surface area contributed by atoms with Gasteiger partial charge in [0.25, 0.3) is 11.8 Å². The molecule has 4 aliphatic heterocycles. The number of rotatable bonds is 18. The van der Waals surface area contributed by atoms with Crippen molar-refractivity contribution in [1.29, 1.82) is 0 Å². The van der Waals surface area contributed by atoms with Crippen LogP contribution in [-0.4, -0.2) is 107 Å². The molecular formula is C45H58N8O6. The van der Waals surface area contributed by atoms with Crippen LogP contribution in [0.25, 0.3) is 0 Å². The number of carbonyl (C=O) groups excluding carboxylic acids is 5. The molecule has 14 nitrogen and oxygen atoms in total. The zero-order valence-electron chi connectivity index (χ0n) is 34.5. The fourth-order valence-electron chi connectivity index (χ4n) is 8.91. The zero-order valence-corrected chi connectivity index (χ0v) is 34.5. The number of aromatic nitrogens is 2. The van der Waals surface area contributed by atoms with E-state index in [2.05, 4.69) is 60.6 Å². The predicted molar refractivity (Wildman–Crippen MR) is 225 cm³/mol. The normalized spacial score (nSPS) is 18.6. The fraction of sp³-hybridized carbons (Fsp3) is 0.533. The number of benzene rings is 2. The molecule has 59 heavy (non-hydrogen) atoms. The Hall–Kier alpha value is -5.21. The van der Waals surface area contributed by atoms with Crippen molar-refractivity contribution in [3.8, 4) is 0 Å². The first-order valence-corrected chi connectivity index (χ1v) is 21.5. The first-order chi connectivity index (χ1) is 28.6. The van der Waals surface area contributed by atoms with Gasteiger partial charge in [-0.2, -0.15) is 0 Å². The number of anilines is 3. The van der Waals surface area contributed by atoms with Gasteiger partial charge in [-0.15, -0.1) is 0 Å². The number of amides is 5. The first-order valence-electron chi connectivity index (χ1n) is 21.5. The van der Waals surface area contributed by atoms with E-state index in [4.69, 9.17) is 9.72 Å². The maximum Gasteiger partial charge on any atom is 0.264 e. The number of hydrogen-bond donors (Lipinski definition) is 2. The number of hydrogen-bond acceptors (Lipinski definition) is 11. The molecule has 7 rings (SSSR count). The Labute approximate surface area is 347 Å². The van der Waals surface area contributed by atoms with E-state index in [1.165, 1.54) is 30.2 Å². The van der Waals surface area contributed by atoms with Gasteiger partial charge in [-0.1, -0.05) is 31.0 Å². The molecule has 2 N–H and O–H groups in total. The van der Waals surface area contributed by atoms with Crippen LogP contribution in [0, 0.1) is 13.8 Å². The first kappa shape index (κ1) is 41.9. The minimum Gasteiger partial charge on any atom is -0.381 e. The molecule has 0 bridgehead atoms. The van der Waals surface area contributed by atoms with E-state index in [1.807, 2.05) is 13.8 Å². The van der Waals surface area contributed by atoms with E-state index >= 15 is 0 Å². The van der Waals surface area contributed by atoms with Crippen molar-refractivity contribution in [1.82, 2.24) is 25.1 Å². The highest BCUT2D eigenvalue weighted by Crippen LogP contribution is 2.33. The van der Waals surface area contributed by atoms with Crippen molar-refractivity contribution in [2.75, 3.05) is 61.1 Å². The Kier molecular flexibility index (Phi) is 14.0. The van der Waals surface area contributed by atoms with Gasteiger partial charge in [0, 0.05) is 82.3 Å². The number of nitrogens with zero attached hydrogens (tertiary/aromatic N) is 6. The van der Waals surface area contributed by atoms with Crippen molar-refractivity contribution < 1.29 is 28.7 Å². The molecule has 1 unspecified atom stereocenters. The molecule has 1 atom stereocenters. The van der Waals surface area contributed by atoms with Crippen LogP contribution in [0.4, 0.5) is 17.2 Å². The molecule has 0 saturated carbocycles. The maximum atomic E-state index is 13.3. The number of imide groups is 2. The van der Waals surface area contributed by atoms with Gasteiger partial charge in [0.1, 0.15) is 17.7 Å². The second-order valence-corrected chi connectivity index (χ2v) is 16.3. The summed E-state index contributed by atoms with van der Waals surface area (Å²) in [6.45, 7) is 11.4. The zero-order chi connectivity index (χ0) is 41.3. The largest absolute Gasteiger partial charge is 0.381 e. The molecule has 3 fully saturated rings. The van der Waals surface area contributed by atoms with E-state index in [0.29, 0.717) is 25.7 Å². The molecule has 1 aromatic heterocycles. The quantitative estimate of drug-likeness (QED) is 0.123. The summed E-state index contributed by atoms with van der Waals surface area (Å²) < 4.78 is 5.88. The summed E-state index contributed by atoms with van der Waals surface area (Å²) in [6.07, 6.45) is 9.83. The number of unbranched alkanes of at least 4 members (excludes halogenated alkanes) is 3. The number of piperidine rings is 2. The highest BCUT2D eigenvalue weighted by atomic mass is 16.5. The third-order valence-corrected chi connectivity index (χ3v) is 11.9. The monoisotopic (exact) mass is 806 g/mol. The second-order valence-electron chi connectivity index (χ2n) is 16.3. The van der Waals surface area contributed by atoms with Gasteiger partial charge in [-0.25, -0.2) is 9.97 Å². The summed E-state index contributed by atoms with van der Waals surface area (Å²) in [5.74, 6) is -0.803. The standard InChI is InChI=1S/C45H58N8O6/c1-31-28-39(47-32(2)46-31)51-24-19-34(20-25-51)52(30-33-12-9-13-35(29-33)50-21-6-7-22-50)23-5-3-4-8-26-59-27-11-16-40(54)48-37-15-10-14-36-42(37)45(58)53(44(36)57)38-17-18-41(55)49-43(38)56/h9-10,12-15,28-29,34,38H,3-8,11,16-27,30H2,1-2H3,(H,48,54)(H,49,55,56). The summed E-state index contributed by atoms with van der Waals surface area (Å²) in [7, 11) is 0. The van der Waals surface area contributed by atoms with Gasteiger partial charge < -0.3 is 19.9 Å². The number of fused-ring (bicyclic) bond motifs is 1. The molecule has 0 spiro atoms. The third-order valence-electron chi connectivity index (χ3n) is 11.9. The Morgan fingerprint density at radius 1 is 0.847 bits per heavy atom. The number of carbonyl (C=O) groups is 5. The van der Waals surface area contributed by atoms with Gasteiger partial charge in [0.2, 0.25) is 17.7 Å².